The Kier molecular flexibility index (Phi) is 5.67. The molecule has 4 nitrogen and oxygen atoms in total. The lowest BCUT2D eigenvalue weighted by molar-refractivity contribution is -0.904. The van der Waals surface area contributed by atoms with Gasteiger partial charge in [0.1, 0.15) is 6.10 Å². The number of likely N-dealkylation sites (N-methyl/N-ethyl adjacent to an activating group) is 1. The summed E-state index contributed by atoms with van der Waals surface area (Å²) in [5, 5.41) is 3.35. The van der Waals surface area contributed by atoms with Crippen LogP contribution in [-0.4, -0.2) is 56.3 Å². The number of carbonyl (C=O) groups excluding carboxylic acids is 1. The molecule has 122 valence electrons. The van der Waals surface area contributed by atoms with E-state index in [0.29, 0.717) is 24.3 Å². The normalized spacial score (nSPS) is 32.9. The van der Waals surface area contributed by atoms with Crippen molar-refractivity contribution in [3.8, 4) is 0 Å². The van der Waals surface area contributed by atoms with Crippen LogP contribution in [0.4, 0.5) is 0 Å². The molecule has 1 saturated heterocycles. The Morgan fingerprint density at radius 1 is 1.29 bits per heavy atom. The number of esters is 1. The summed E-state index contributed by atoms with van der Waals surface area (Å²) >= 11 is 0. The molecule has 1 aliphatic carbocycles. The minimum absolute atomic E-state index is 0.00384. The Hall–Kier alpha value is -0.610. The fourth-order valence-electron chi connectivity index (χ4n) is 3.86. The number of hydrogen-bond acceptors (Lipinski definition) is 3. The van der Waals surface area contributed by atoms with Crippen LogP contribution < -0.4 is 5.32 Å². The van der Waals surface area contributed by atoms with Crippen LogP contribution in [0.15, 0.2) is 0 Å². The average molecular weight is 297 g/mol. The topological polar surface area (TPSA) is 38.3 Å². The van der Waals surface area contributed by atoms with E-state index in [4.69, 9.17) is 4.74 Å². The lowest BCUT2D eigenvalue weighted by Gasteiger charge is -2.39. The smallest absolute Gasteiger partial charge is 0.362 e. The van der Waals surface area contributed by atoms with Crippen molar-refractivity contribution in [1.82, 2.24) is 5.32 Å². The van der Waals surface area contributed by atoms with E-state index < -0.39 is 0 Å². The van der Waals surface area contributed by atoms with E-state index in [0.717, 1.165) is 37.1 Å². The predicted octanol–water partition coefficient (Wildman–Crippen LogP) is 2.04. The van der Waals surface area contributed by atoms with Crippen LogP contribution in [0.25, 0.3) is 0 Å². The lowest BCUT2D eigenvalue weighted by Crippen LogP contribution is -2.58. The van der Waals surface area contributed by atoms with Gasteiger partial charge in [0.25, 0.3) is 0 Å². The van der Waals surface area contributed by atoms with Gasteiger partial charge in [-0.25, -0.2) is 4.79 Å². The van der Waals surface area contributed by atoms with Gasteiger partial charge in [-0.05, 0) is 30.6 Å². The van der Waals surface area contributed by atoms with Crippen LogP contribution in [0.1, 0.15) is 40.0 Å². The Bertz CT molecular complexity index is 351. The summed E-state index contributed by atoms with van der Waals surface area (Å²) in [4.78, 5) is 12.4. The average Bonchev–Trinajstić information content (AvgIpc) is 2.38. The first-order chi connectivity index (χ1) is 9.89. The summed E-state index contributed by atoms with van der Waals surface area (Å²) < 4.78 is 6.75. The summed E-state index contributed by atoms with van der Waals surface area (Å²) in [7, 11) is 2.17. The highest BCUT2D eigenvalue weighted by Crippen LogP contribution is 2.35. The van der Waals surface area contributed by atoms with E-state index in [-0.39, 0.29) is 12.1 Å². The minimum atomic E-state index is 0.00384. The van der Waals surface area contributed by atoms with Gasteiger partial charge in [-0.1, -0.05) is 27.2 Å². The number of rotatable bonds is 4. The second-order valence-corrected chi connectivity index (χ2v) is 7.83. The first-order valence-corrected chi connectivity index (χ1v) is 8.63. The summed E-state index contributed by atoms with van der Waals surface area (Å²) in [5.74, 6) is 1.82. The Morgan fingerprint density at radius 2 is 1.95 bits per heavy atom. The zero-order chi connectivity index (χ0) is 15.5. The van der Waals surface area contributed by atoms with E-state index in [2.05, 4.69) is 33.1 Å². The molecule has 0 aromatic rings. The first-order valence-electron chi connectivity index (χ1n) is 8.63. The highest BCUT2D eigenvalue weighted by molar-refractivity contribution is 5.70. The van der Waals surface area contributed by atoms with E-state index in [1.807, 2.05) is 0 Å². The van der Waals surface area contributed by atoms with Crippen molar-refractivity contribution < 1.29 is 14.0 Å². The maximum Gasteiger partial charge on any atom is 0.362 e. The van der Waals surface area contributed by atoms with Crippen LogP contribution in [0.3, 0.4) is 0 Å². The van der Waals surface area contributed by atoms with Crippen molar-refractivity contribution in [2.45, 2.75) is 46.1 Å². The van der Waals surface area contributed by atoms with Gasteiger partial charge >= 0.3 is 5.97 Å². The lowest BCUT2D eigenvalue weighted by atomic mass is 9.75. The molecular weight excluding hydrogens is 264 g/mol. The van der Waals surface area contributed by atoms with Crippen molar-refractivity contribution in [2.24, 2.45) is 17.8 Å². The van der Waals surface area contributed by atoms with Gasteiger partial charge in [-0.2, -0.15) is 0 Å². The van der Waals surface area contributed by atoms with Gasteiger partial charge in [0.05, 0.1) is 20.1 Å². The minimum Gasteiger partial charge on any atom is -0.458 e. The quantitative estimate of drug-likeness (QED) is 0.637. The number of carbonyl (C=O) groups is 1. The molecule has 4 heteroatoms. The summed E-state index contributed by atoms with van der Waals surface area (Å²) in [5.41, 5.74) is 0. The first kappa shape index (κ1) is 16.8. The van der Waals surface area contributed by atoms with Crippen molar-refractivity contribution in [2.75, 3.05) is 39.8 Å². The number of piperazine rings is 1. The fourth-order valence-corrected chi connectivity index (χ4v) is 3.86. The van der Waals surface area contributed by atoms with Gasteiger partial charge in [0.2, 0.25) is 0 Å². The van der Waals surface area contributed by atoms with Crippen molar-refractivity contribution in [1.29, 1.82) is 0 Å². The number of nitrogens with one attached hydrogen (secondary N) is 1. The molecule has 1 saturated carbocycles. The molecule has 0 unspecified atom stereocenters. The van der Waals surface area contributed by atoms with Crippen LogP contribution in [0, 0.1) is 17.8 Å². The number of ether oxygens (including phenoxy) is 1. The van der Waals surface area contributed by atoms with Gasteiger partial charge in [0, 0.05) is 13.1 Å². The second kappa shape index (κ2) is 7.10. The molecule has 21 heavy (non-hydrogen) atoms. The standard InChI is InChI=1S/C17H33N2O2/c1-13(2)15-6-5-14(3)11-16(15)21-17(20)12-19(4)9-7-18-8-10-19/h13-16,18H,5-12H2,1-4H3/q+1/t14-,15+,16-/m1/s1. The maximum absolute atomic E-state index is 12.4. The Balaban J connectivity index is 1.90. The van der Waals surface area contributed by atoms with E-state index in [1.165, 1.54) is 12.8 Å². The summed E-state index contributed by atoms with van der Waals surface area (Å²) in [6, 6.07) is 0. The molecule has 0 aromatic heterocycles. The van der Waals surface area contributed by atoms with Crippen LogP contribution >= 0.6 is 0 Å². The van der Waals surface area contributed by atoms with Gasteiger partial charge in [-0.3, -0.25) is 0 Å². The zero-order valence-electron chi connectivity index (χ0n) is 14.2. The molecule has 2 aliphatic rings. The van der Waals surface area contributed by atoms with Crippen molar-refractivity contribution in [3.05, 3.63) is 0 Å². The fraction of sp³-hybridized carbons (Fsp3) is 0.941. The molecule has 0 spiro atoms. The van der Waals surface area contributed by atoms with Gasteiger partial charge in [0.15, 0.2) is 6.54 Å². The second-order valence-electron chi connectivity index (χ2n) is 7.83. The predicted molar refractivity (Wildman–Crippen MR) is 84.9 cm³/mol. The number of nitrogens with zero attached hydrogens (tertiary/aromatic N) is 1. The maximum atomic E-state index is 12.4. The van der Waals surface area contributed by atoms with E-state index in [9.17, 15) is 4.79 Å². The Morgan fingerprint density at radius 3 is 2.57 bits per heavy atom. The molecule has 1 aliphatic heterocycles. The van der Waals surface area contributed by atoms with Crippen LogP contribution in [0.5, 0.6) is 0 Å². The third-order valence-corrected chi connectivity index (χ3v) is 5.41. The number of hydrogen-bond donors (Lipinski definition) is 1. The zero-order valence-corrected chi connectivity index (χ0v) is 14.2. The third-order valence-electron chi connectivity index (χ3n) is 5.41. The van der Waals surface area contributed by atoms with Crippen molar-refractivity contribution >= 4 is 5.97 Å². The van der Waals surface area contributed by atoms with Crippen LogP contribution in [0.2, 0.25) is 0 Å². The molecule has 2 fully saturated rings. The summed E-state index contributed by atoms with van der Waals surface area (Å²) in [6.45, 7) is 11.3. The largest absolute Gasteiger partial charge is 0.458 e. The van der Waals surface area contributed by atoms with Crippen molar-refractivity contribution in [3.63, 3.8) is 0 Å². The molecule has 0 radical (unpaired) electrons. The number of quaternary nitrogens is 1. The molecule has 1 heterocycles. The van der Waals surface area contributed by atoms with E-state index in [1.54, 1.807) is 0 Å². The molecule has 0 bridgehead atoms. The molecule has 0 amide bonds. The molecule has 3 atom stereocenters. The third kappa shape index (κ3) is 4.68. The van der Waals surface area contributed by atoms with Gasteiger partial charge in [-0.15, -0.1) is 0 Å². The van der Waals surface area contributed by atoms with Crippen LogP contribution in [-0.2, 0) is 9.53 Å². The molecular formula is C17H33N2O2+. The monoisotopic (exact) mass is 297 g/mol. The molecule has 1 N–H and O–H groups in total. The highest BCUT2D eigenvalue weighted by Gasteiger charge is 2.35. The highest BCUT2D eigenvalue weighted by atomic mass is 16.5. The van der Waals surface area contributed by atoms with E-state index >= 15 is 0 Å². The SMILES string of the molecule is CC(C)[C@@H]1CC[C@@H](C)C[C@H]1OC(=O)C[N+]1(C)CCNCC1. The Labute approximate surface area is 129 Å². The van der Waals surface area contributed by atoms with Gasteiger partial charge < -0.3 is 14.5 Å². The molecule has 2 rings (SSSR count). The summed E-state index contributed by atoms with van der Waals surface area (Å²) in [6.07, 6.45) is 3.65. The molecule has 0 aromatic carbocycles.